The number of hydrogen-bond donors (Lipinski definition) is 1. The molecule has 35 heavy (non-hydrogen) atoms. The van der Waals surface area contributed by atoms with E-state index in [1.165, 1.54) is 29.2 Å². The molecule has 2 aliphatic rings. The standard InChI is InChI=1S/C25H26F3N5S2/c1-32-13-10-21-22(20(32)15-26)30-24(34-21)33-25(11-5-12-29,16-6-3-2-4-7-16)35-23(31-33)18-14-17(27)8-9-19(18)28/h2-4,6-9,14,20H,5,10-13,15,29H2,1H3. The molecule has 184 valence electrons. The van der Waals surface area contributed by atoms with Gasteiger partial charge in [0.1, 0.15) is 28.2 Å². The summed E-state index contributed by atoms with van der Waals surface area (Å²) in [5.74, 6) is -1.08. The summed E-state index contributed by atoms with van der Waals surface area (Å²) in [6, 6.07) is 12.8. The number of aromatic nitrogens is 1. The van der Waals surface area contributed by atoms with Gasteiger partial charge in [-0.2, -0.15) is 5.10 Å². The van der Waals surface area contributed by atoms with Crippen LogP contribution in [0.3, 0.4) is 0 Å². The minimum absolute atomic E-state index is 0.105. The van der Waals surface area contributed by atoms with Crippen molar-refractivity contribution in [3.63, 3.8) is 0 Å². The third-order valence-corrected chi connectivity index (χ3v) is 9.04. The summed E-state index contributed by atoms with van der Waals surface area (Å²) in [6.45, 7) is 0.690. The van der Waals surface area contributed by atoms with E-state index >= 15 is 0 Å². The molecule has 2 unspecified atom stereocenters. The molecule has 0 fully saturated rings. The van der Waals surface area contributed by atoms with Crippen molar-refractivity contribution in [2.75, 3.05) is 31.8 Å². The molecule has 5 nitrogen and oxygen atoms in total. The zero-order valence-corrected chi connectivity index (χ0v) is 20.9. The monoisotopic (exact) mass is 517 g/mol. The Morgan fingerprint density at radius 2 is 1.97 bits per heavy atom. The minimum atomic E-state index is -0.758. The second-order valence-corrected chi connectivity index (χ2v) is 11.0. The van der Waals surface area contributed by atoms with Gasteiger partial charge in [-0.15, -0.1) is 0 Å². The first-order chi connectivity index (χ1) is 17.0. The van der Waals surface area contributed by atoms with E-state index in [4.69, 9.17) is 15.8 Å². The van der Waals surface area contributed by atoms with Crippen molar-refractivity contribution in [1.29, 1.82) is 0 Å². The highest BCUT2D eigenvalue weighted by atomic mass is 32.2. The smallest absolute Gasteiger partial charge is 0.208 e. The number of halogens is 3. The van der Waals surface area contributed by atoms with Gasteiger partial charge in [0.15, 0.2) is 0 Å². The van der Waals surface area contributed by atoms with Gasteiger partial charge >= 0.3 is 0 Å². The molecular formula is C25H26F3N5S2. The van der Waals surface area contributed by atoms with E-state index < -0.39 is 29.2 Å². The second-order valence-electron chi connectivity index (χ2n) is 8.69. The summed E-state index contributed by atoms with van der Waals surface area (Å²) < 4.78 is 42.9. The molecule has 0 saturated heterocycles. The van der Waals surface area contributed by atoms with Crippen molar-refractivity contribution in [2.24, 2.45) is 10.8 Å². The SMILES string of the molecule is CN1CCc2sc(N3N=C(c4cc(F)ccc4F)SC3(CCCN)c3ccccc3)nc2C1CF. The van der Waals surface area contributed by atoms with E-state index in [0.29, 0.717) is 29.6 Å². The van der Waals surface area contributed by atoms with Crippen molar-refractivity contribution >= 4 is 33.3 Å². The number of fused-ring (bicyclic) bond motifs is 1. The quantitative estimate of drug-likeness (QED) is 0.453. The average Bonchev–Trinajstić information content (AvgIpc) is 3.47. The van der Waals surface area contributed by atoms with Crippen LogP contribution in [-0.2, 0) is 11.3 Å². The van der Waals surface area contributed by atoms with Crippen molar-refractivity contribution in [1.82, 2.24) is 9.88 Å². The first-order valence-electron chi connectivity index (χ1n) is 11.5. The van der Waals surface area contributed by atoms with E-state index in [1.54, 1.807) is 0 Å². The Balaban J connectivity index is 1.67. The number of alkyl halides is 1. The molecule has 0 aliphatic carbocycles. The molecule has 0 amide bonds. The van der Waals surface area contributed by atoms with E-state index in [9.17, 15) is 13.2 Å². The molecule has 10 heteroatoms. The van der Waals surface area contributed by atoms with Gasteiger partial charge in [-0.05, 0) is 56.6 Å². The van der Waals surface area contributed by atoms with Crippen LogP contribution >= 0.6 is 23.1 Å². The van der Waals surface area contributed by atoms with Crippen LogP contribution in [0.2, 0.25) is 0 Å². The molecular weight excluding hydrogens is 491 g/mol. The third kappa shape index (κ3) is 4.37. The van der Waals surface area contributed by atoms with Crippen molar-refractivity contribution < 1.29 is 13.2 Å². The van der Waals surface area contributed by atoms with E-state index in [2.05, 4.69) is 0 Å². The van der Waals surface area contributed by atoms with Crippen molar-refractivity contribution in [2.45, 2.75) is 30.2 Å². The van der Waals surface area contributed by atoms with Gasteiger partial charge in [0.2, 0.25) is 5.13 Å². The molecule has 1 aromatic heterocycles. The number of nitrogens with two attached hydrogens (primary N) is 1. The molecule has 0 bridgehead atoms. The van der Waals surface area contributed by atoms with Crippen LogP contribution in [0.4, 0.5) is 18.3 Å². The third-order valence-electron chi connectivity index (χ3n) is 6.48. The maximum atomic E-state index is 14.8. The number of benzene rings is 2. The number of anilines is 1. The highest BCUT2D eigenvalue weighted by molar-refractivity contribution is 8.15. The lowest BCUT2D eigenvalue weighted by molar-refractivity contribution is 0.189. The van der Waals surface area contributed by atoms with Crippen LogP contribution in [0, 0.1) is 11.6 Å². The number of thioether (sulfide) groups is 1. The summed E-state index contributed by atoms with van der Waals surface area (Å²) in [5.41, 5.74) is 7.71. The predicted molar refractivity (Wildman–Crippen MR) is 137 cm³/mol. The van der Waals surface area contributed by atoms with Crippen molar-refractivity contribution in [3.8, 4) is 0 Å². The second kappa shape index (κ2) is 9.93. The maximum absolute atomic E-state index is 14.8. The molecule has 3 heterocycles. The summed E-state index contributed by atoms with van der Waals surface area (Å²) in [4.78, 5) is 7.12. The number of hydrazone groups is 1. The van der Waals surface area contributed by atoms with E-state index in [-0.39, 0.29) is 5.56 Å². The van der Waals surface area contributed by atoms with Gasteiger partial charge < -0.3 is 5.73 Å². The Morgan fingerprint density at radius 3 is 2.71 bits per heavy atom. The van der Waals surface area contributed by atoms with Gasteiger partial charge in [0.05, 0.1) is 11.7 Å². The molecule has 5 rings (SSSR count). The summed E-state index contributed by atoms with van der Waals surface area (Å²) in [5, 5.41) is 7.64. The maximum Gasteiger partial charge on any atom is 0.208 e. The number of nitrogens with zero attached hydrogens (tertiary/aromatic N) is 4. The molecule has 0 spiro atoms. The van der Waals surface area contributed by atoms with E-state index in [1.807, 2.05) is 47.3 Å². The summed E-state index contributed by atoms with van der Waals surface area (Å²) in [6.07, 6.45) is 2.07. The molecule has 0 radical (unpaired) electrons. The van der Waals surface area contributed by atoms with Crippen LogP contribution in [-0.4, -0.2) is 41.7 Å². The van der Waals surface area contributed by atoms with Gasteiger partial charge in [-0.3, -0.25) is 4.90 Å². The zero-order chi connectivity index (χ0) is 24.6. The molecule has 2 aliphatic heterocycles. The van der Waals surface area contributed by atoms with Crippen molar-refractivity contribution in [3.05, 3.63) is 81.9 Å². The topological polar surface area (TPSA) is 57.8 Å². The first kappa shape index (κ1) is 24.3. The summed E-state index contributed by atoms with van der Waals surface area (Å²) in [7, 11) is 1.90. The Labute approximate surface area is 210 Å². The van der Waals surface area contributed by atoms with Gasteiger partial charge in [0.25, 0.3) is 0 Å². The lowest BCUT2D eigenvalue weighted by atomic mass is 10.0. The lowest BCUT2D eigenvalue weighted by Gasteiger charge is -2.35. The molecule has 0 saturated carbocycles. The number of rotatable bonds is 7. The normalized spacial score (nSPS) is 22.4. The van der Waals surface area contributed by atoms with Crippen LogP contribution in [0.15, 0.2) is 53.6 Å². The molecule has 2 atom stereocenters. The minimum Gasteiger partial charge on any atom is -0.330 e. The fraction of sp³-hybridized carbons (Fsp3) is 0.360. The van der Waals surface area contributed by atoms with Crippen LogP contribution in [0.1, 0.15) is 40.6 Å². The van der Waals surface area contributed by atoms with Crippen LogP contribution in [0.5, 0.6) is 0 Å². The zero-order valence-electron chi connectivity index (χ0n) is 19.3. The fourth-order valence-corrected chi connectivity index (χ4v) is 7.21. The average molecular weight is 518 g/mol. The highest BCUT2D eigenvalue weighted by Gasteiger charge is 2.48. The van der Waals surface area contributed by atoms with Gasteiger partial charge in [-0.25, -0.2) is 23.2 Å². The Bertz CT molecular complexity index is 1240. The van der Waals surface area contributed by atoms with Crippen LogP contribution in [0.25, 0.3) is 0 Å². The number of thiazole rings is 1. The lowest BCUT2D eigenvalue weighted by Crippen LogP contribution is -2.38. The molecule has 2 aromatic carbocycles. The molecule has 2 N–H and O–H groups in total. The number of likely N-dealkylation sites (N-methyl/N-ethyl adjacent to an activating group) is 1. The predicted octanol–water partition coefficient (Wildman–Crippen LogP) is 5.43. The first-order valence-corrected chi connectivity index (χ1v) is 13.1. The van der Waals surface area contributed by atoms with Gasteiger partial charge in [-0.1, -0.05) is 53.4 Å². The van der Waals surface area contributed by atoms with E-state index in [0.717, 1.165) is 41.2 Å². The Morgan fingerprint density at radius 1 is 1.17 bits per heavy atom. The molecule has 3 aromatic rings. The number of hydrogen-bond acceptors (Lipinski definition) is 7. The summed E-state index contributed by atoms with van der Waals surface area (Å²) >= 11 is 2.87. The largest absolute Gasteiger partial charge is 0.330 e. The Kier molecular flexibility index (Phi) is 6.89. The Hall–Kier alpha value is -2.40. The van der Waals surface area contributed by atoms with Gasteiger partial charge in [0, 0.05) is 17.0 Å². The van der Waals surface area contributed by atoms with Crippen LogP contribution < -0.4 is 10.7 Å². The fourth-order valence-electron chi connectivity index (χ4n) is 4.60. The highest BCUT2D eigenvalue weighted by Crippen LogP contribution is 2.53.